The summed E-state index contributed by atoms with van der Waals surface area (Å²) in [7, 11) is 0. The van der Waals surface area contributed by atoms with Crippen LogP contribution in [-0.2, 0) is 0 Å². The molecule has 1 heterocycles. The summed E-state index contributed by atoms with van der Waals surface area (Å²) in [6.07, 6.45) is 2.37. The van der Waals surface area contributed by atoms with Crippen LogP contribution in [0, 0.1) is 0 Å². The molecule has 3 nitrogen and oxygen atoms in total. The summed E-state index contributed by atoms with van der Waals surface area (Å²) in [5.41, 5.74) is 2.88. The Bertz CT molecular complexity index is 461. The van der Waals surface area contributed by atoms with Crippen molar-refractivity contribution in [1.29, 1.82) is 0 Å². The van der Waals surface area contributed by atoms with E-state index in [2.05, 4.69) is 53.7 Å². The van der Waals surface area contributed by atoms with E-state index in [1.807, 2.05) is 0 Å². The lowest BCUT2D eigenvalue weighted by atomic mass is 10.0. The zero-order valence-corrected chi connectivity index (χ0v) is 11.8. The largest absolute Gasteiger partial charge is 0.356 e. The molecular weight excluding hydrogens is 234 g/mol. The molecule has 19 heavy (non-hydrogen) atoms. The number of nitrogens with zero attached hydrogens (tertiary/aromatic N) is 1. The van der Waals surface area contributed by atoms with Gasteiger partial charge in [-0.15, -0.1) is 0 Å². The summed E-state index contributed by atoms with van der Waals surface area (Å²) >= 11 is 0. The van der Waals surface area contributed by atoms with E-state index in [4.69, 9.17) is 0 Å². The predicted molar refractivity (Wildman–Crippen MR) is 79.7 cm³/mol. The molecule has 1 fully saturated rings. The minimum Gasteiger partial charge on any atom is -0.356 e. The molecule has 0 amide bonds. The SMILES string of the molecule is CC(C)c1ccc(C2CC2NC2=NCCCN2)cc1. The van der Waals surface area contributed by atoms with E-state index in [-0.39, 0.29) is 0 Å². The first-order valence-corrected chi connectivity index (χ1v) is 7.39. The number of hydrogen-bond acceptors (Lipinski definition) is 3. The van der Waals surface area contributed by atoms with Gasteiger partial charge in [-0.3, -0.25) is 4.99 Å². The normalized spacial score (nSPS) is 25.7. The third-order valence-corrected chi connectivity index (χ3v) is 4.04. The van der Waals surface area contributed by atoms with Crippen molar-refractivity contribution in [3.8, 4) is 0 Å². The highest BCUT2D eigenvalue weighted by Gasteiger charge is 2.39. The second-order valence-electron chi connectivity index (χ2n) is 5.93. The Labute approximate surface area is 115 Å². The van der Waals surface area contributed by atoms with E-state index in [1.165, 1.54) is 17.5 Å². The van der Waals surface area contributed by atoms with Crippen LogP contribution < -0.4 is 10.6 Å². The molecule has 0 radical (unpaired) electrons. The molecule has 0 saturated heterocycles. The molecule has 1 aromatic rings. The third-order valence-electron chi connectivity index (χ3n) is 4.04. The molecule has 2 aliphatic rings. The molecular formula is C16H23N3. The van der Waals surface area contributed by atoms with Crippen LogP contribution in [0.2, 0.25) is 0 Å². The Hall–Kier alpha value is -1.51. The molecule has 1 aliphatic heterocycles. The van der Waals surface area contributed by atoms with Gasteiger partial charge in [0.25, 0.3) is 0 Å². The summed E-state index contributed by atoms with van der Waals surface area (Å²) in [6.45, 7) is 6.48. The lowest BCUT2D eigenvalue weighted by Crippen LogP contribution is -2.42. The van der Waals surface area contributed by atoms with Crippen LogP contribution in [0.25, 0.3) is 0 Å². The van der Waals surface area contributed by atoms with Crippen molar-refractivity contribution in [1.82, 2.24) is 10.6 Å². The van der Waals surface area contributed by atoms with E-state index in [1.54, 1.807) is 0 Å². The number of hydrogen-bond donors (Lipinski definition) is 2. The maximum Gasteiger partial charge on any atom is 0.191 e. The molecule has 1 saturated carbocycles. The minimum atomic E-state index is 0.564. The van der Waals surface area contributed by atoms with E-state index in [0.717, 1.165) is 25.5 Å². The molecule has 2 atom stereocenters. The van der Waals surface area contributed by atoms with Gasteiger partial charge in [-0.1, -0.05) is 38.1 Å². The van der Waals surface area contributed by atoms with Gasteiger partial charge in [0.05, 0.1) is 0 Å². The summed E-state index contributed by atoms with van der Waals surface area (Å²) < 4.78 is 0. The van der Waals surface area contributed by atoms with Crippen molar-refractivity contribution in [3.63, 3.8) is 0 Å². The second kappa shape index (κ2) is 5.24. The molecule has 3 rings (SSSR count). The van der Waals surface area contributed by atoms with Gasteiger partial charge >= 0.3 is 0 Å². The van der Waals surface area contributed by atoms with Gasteiger partial charge < -0.3 is 10.6 Å². The topological polar surface area (TPSA) is 36.4 Å². The number of guanidine groups is 1. The van der Waals surface area contributed by atoms with Crippen LogP contribution in [-0.4, -0.2) is 25.1 Å². The van der Waals surface area contributed by atoms with Gasteiger partial charge in [0.1, 0.15) is 0 Å². The zero-order valence-electron chi connectivity index (χ0n) is 11.8. The summed E-state index contributed by atoms with van der Waals surface area (Å²) in [6, 6.07) is 9.68. The molecule has 1 aliphatic carbocycles. The monoisotopic (exact) mass is 257 g/mol. The van der Waals surface area contributed by atoms with Crippen LogP contribution in [0.5, 0.6) is 0 Å². The molecule has 0 bridgehead atoms. The third kappa shape index (κ3) is 2.91. The van der Waals surface area contributed by atoms with Crippen LogP contribution in [0.3, 0.4) is 0 Å². The number of benzene rings is 1. The Morgan fingerprint density at radius 2 is 2.05 bits per heavy atom. The van der Waals surface area contributed by atoms with Crippen molar-refractivity contribution in [2.24, 2.45) is 4.99 Å². The fraction of sp³-hybridized carbons (Fsp3) is 0.562. The first-order valence-electron chi connectivity index (χ1n) is 7.39. The average molecular weight is 257 g/mol. The Morgan fingerprint density at radius 3 is 2.68 bits per heavy atom. The fourth-order valence-electron chi connectivity index (χ4n) is 2.66. The molecule has 1 aromatic carbocycles. The quantitative estimate of drug-likeness (QED) is 0.873. The molecule has 3 heteroatoms. The van der Waals surface area contributed by atoms with Gasteiger partial charge in [0.15, 0.2) is 5.96 Å². The second-order valence-corrected chi connectivity index (χ2v) is 5.93. The highest BCUT2D eigenvalue weighted by molar-refractivity contribution is 5.81. The maximum atomic E-state index is 4.47. The first-order chi connectivity index (χ1) is 9.24. The van der Waals surface area contributed by atoms with Crippen molar-refractivity contribution in [2.45, 2.75) is 44.6 Å². The standard InChI is InChI=1S/C16H23N3/c1-11(2)12-4-6-13(7-5-12)14-10-15(14)19-16-17-8-3-9-18-16/h4-7,11,14-15H,3,8-10H2,1-2H3,(H2,17,18,19). The van der Waals surface area contributed by atoms with E-state index in [0.29, 0.717) is 17.9 Å². The summed E-state index contributed by atoms with van der Waals surface area (Å²) in [5.74, 6) is 2.27. The Morgan fingerprint density at radius 1 is 1.26 bits per heavy atom. The summed E-state index contributed by atoms with van der Waals surface area (Å²) in [4.78, 5) is 4.47. The van der Waals surface area contributed by atoms with Gasteiger partial charge in [-0.05, 0) is 29.9 Å². The molecule has 102 valence electrons. The van der Waals surface area contributed by atoms with E-state index < -0.39 is 0 Å². The zero-order chi connectivity index (χ0) is 13.2. The van der Waals surface area contributed by atoms with Crippen molar-refractivity contribution in [2.75, 3.05) is 13.1 Å². The highest BCUT2D eigenvalue weighted by Crippen LogP contribution is 2.41. The molecule has 0 spiro atoms. The van der Waals surface area contributed by atoms with Crippen LogP contribution in [0.15, 0.2) is 29.3 Å². The van der Waals surface area contributed by atoms with E-state index >= 15 is 0 Å². The van der Waals surface area contributed by atoms with Gasteiger partial charge in [0.2, 0.25) is 0 Å². The Kier molecular flexibility index (Phi) is 3.45. The highest BCUT2D eigenvalue weighted by atomic mass is 15.2. The molecule has 2 N–H and O–H groups in total. The van der Waals surface area contributed by atoms with Crippen LogP contribution in [0.4, 0.5) is 0 Å². The number of aliphatic imine (C=N–C) groups is 1. The predicted octanol–water partition coefficient (Wildman–Crippen LogP) is 2.60. The number of nitrogens with one attached hydrogen (secondary N) is 2. The lowest BCUT2D eigenvalue weighted by molar-refractivity contribution is 0.696. The van der Waals surface area contributed by atoms with E-state index in [9.17, 15) is 0 Å². The average Bonchev–Trinajstić information content (AvgIpc) is 3.19. The fourth-order valence-corrected chi connectivity index (χ4v) is 2.66. The summed E-state index contributed by atoms with van der Waals surface area (Å²) in [5, 5.41) is 6.84. The maximum absolute atomic E-state index is 4.47. The first kappa shape index (κ1) is 12.5. The Balaban J connectivity index is 1.58. The van der Waals surface area contributed by atoms with Gasteiger partial charge in [-0.25, -0.2) is 0 Å². The minimum absolute atomic E-state index is 0.564. The smallest absolute Gasteiger partial charge is 0.191 e. The van der Waals surface area contributed by atoms with Gasteiger partial charge in [-0.2, -0.15) is 0 Å². The number of rotatable bonds is 3. The molecule has 0 aromatic heterocycles. The molecule has 2 unspecified atom stereocenters. The van der Waals surface area contributed by atoms with Gasteiger partial charge in [0, 0.05) is 25.0 Å². The van der Waals surface area contributed by atoms with Crippen LogP contribution >= 0.6 is 0 Å². The van der Waals surface area contributed by atoms with Crippen molar-refractivity contribution in [3.05, 3.63) is 35.4 Å². The van der Waals surface area contributed by atoms with Crippen LogP contribution in [0.1, 0.15) is 49.7 Å². The van der Waals surface area contributed by atoms with Crippen molar-refractivity contribution >= 4 is 5.96 Å². The lowest BCUT2D eigenvalue weighted by Gasteiger charge is -2.16. The van der Waals surface area contributed by atoms with Crippen molar-refractivity contribution < 1.29 is 0 Å².